The van der Waals surface area contributed by atoms with E-state index in [0.29, 0.717) is 24.2 Å². The number of benzene rings is 2. The van der Waals surface area contributed by atoms with Crippen molar-refractivity contribution in [3.05, 3.63) is 80.1 Å². The Hall–Kier alpha value is -3.00. The van der Waals surface area contributed by atoms with Crippen LogP contribution in [0.4, 0.5) is 11.4 Å². The molecule has 2 aromatic carbocycles. The summed E-state index contributed by atoms with van der Waals surface area (Å²) in [4.78, 5) is 25.3. The molecule has 0 saturated carbocycles. The number of carbonyl (C=O) groups is 1. The second kappa shape index (κ2) is 6.62. The lowest BCUT2D eigenvalue weighted by molar-refractivity contribution is -0.384. The molecule has 1 amide bonds. The Labute approximate surface area is 163 Å². The lowest BCUT2D eigenvalue weighted by Crippen LogP contribution is -2.29. The highest BCUT2D eigenvalue weighted by Gasteiger charge is 2.29. The number of hydrogen-bond acceptors (Lipinski definition) is 4. The Kier molecular flexibility index (Phi) is 4.27. The van der Waals surface area contributed by atoms with Gasteiger partial charge in [0, 0.05) is 23.2 Å². The maximum absolute atomic E-state index is 13.1. The molecular weight excluding hydrogens is 412 g/mol. The topological polar surface area (TPSA) is 81.3 Å². The normalized spacial score (nSPS) is 12.9. The average molecular weight is 427 g/mol. The fourth-order valence-corrected chi connectivity index (χ4v) is 3.56. The molecular formula is C19H15BrN4O3. The Morgan fingerprint density at radius 1 is 1.22 bits per heavy atom. The maximum Gasteiger partial charge on any atom is 0.271 e. The quantitative estimate of drug-likeness (QED) is 0.467. The van der Waals surface area contributed by atoms with E-state index in [2.05, 4.69) is 21.0 Å². The third kappa shape index (κ3) is 3.02. The van der Waals surface area contributed by atoms with Crippen LogP contribution < -0.4 is 4.90 Å². The van der Waals surface area contributed by atoms with Crippen molar-refractivity contribution in [3.63, 3.8) is 0 Å². The van der Waals surface area contributed by atoms with Gasteiger partial charge < -0.3 is 4.90 Å². The molecule has 136 valence electrons. The number of anilines is 1. The molecule has 0 unspecified atom stereocenters. The Balaban J connectivity index is 1.69. The van der Waals surface area contributed by atoms with Gasteiger partial charge in [0.15, 0.2) is 0 Å². The van der Waals surface area contributed by atoms with Gasteiger partial charge in [0.2, 0.25) is 0 Å². The average Bonchev–Trinajstić information content (AvgIpc) is 3.25. The fourth-order valence-electron chi connectivity index (χ4n) is 3.30. The van der Waals surface area contributed by atoms with Crippen molar-refractivity contribution in [2.45, 2.75) is 13.3 Å². The molecule has 8 heteroatoms. The number of rotatable bonds is 3. The predicted octanol–water partition coefficient (Wildman–Crippen LogP) is 4.05. The summed E-state index contributed by atoms with van der Waals surface area (Å²) in [6.07, 6.45) is 2.23. The maximum atomic E-state index is 13.1. The van der Waals surface area contributed by atoms with E-state index in [-0.39, 0.29) is 11.6 Å². The van der Waals surface area contributed by atoms with Crippen LogP contribution in [0.3, 0.4) is 0 Å². The number of amides is 1. The van der Waals surface area contributed by atoms with Crippen LogP contribution in [0.5, 0.6) is 0 Å². The SMILES string of the molecule is Cc1c(C(=O)N2CCc3ccc([N+](=O)[O-])cc32)cnn1-c1ccc(Br)cc1. The van der Waals surface area contributed by atoms with E-state index in [1.54, 1.807) is 21.8 Å². The van der Waals surface area contributed by atoms with Gasteiger partial charge in [-0.25, -0.2) is 4.68 Å². The van der Waals surface area contributed by atoms with Crippen LogP contribution in [0.2, 0.25) is 0 Å². The molecule has 0 N–H and O–H groups in total. The van der Waals surface area contributed by atoms with Crippen molar-refractivity contribution in [3.8, 4) is 5.69 Å². The molecule has 1 aromatic heterocycles. The number of non-ortho nitro benzene ring substituents is 1. The molecule has 0 radical (unpaired) electrons. The van der Waals surface area contributed by atoms with Crippen LogP contribution >= 0.6 is 15.9 Å². The van der Waals surface area contributed by atoms with E-state index in [1.165, 1.54) is 12.1 Å². The van der Waals surface area contributed by atoms with Crippen LogP contribution in [0.1, 0.15) is 21.6 Å². The van der Waals surface area contributed by atoms with E-state index in [1.807, 2.05) is 31.2 Å². The zero-order valence-corrected chi connectivity index (χ0v) is 16.0. The molecule has 1 aliphatic heterocycles. The van der Waals surface area contributed by atoms with Crippen LogP contribution in [-0.4, -0.2) is 27.2 Å². The number of halogens is 1. The summed E-state index contributed by atoms with van der Waals surface area (Å²) in [6.45, 7) is 2.34. The van der Waals surface area contributed by atoms with E-state index in [9.17, 15) is 14.9 Å². The van der Waals surface area contributed by atoms with E-state index >= 15 is 0 Å². The Bertz CT molecular complexity index is 1060. The number of aromatic nitrogens is 2. The zero-order valence-electron chi connectivity index (χ0n) is 14.4. The number of nitro groups is 1. The van der Waals surface area contributed by atoms with Gasteiger partial charge >= 0.3 is 0 Å². The first-order valence-electron chi connectivity index (χ1n) is 8.35. The van der Waals surface area contributed by atoms with Crippen LogP contribution in [-0.2, 0) is 6.42 Å². The van der Waals surface area contributed by atoms with E-state index in [4.69, 9.17) is 0 Å². The first-order valence-corrected chi connectivity index (χ1v) is 9.15. The lowest BCUT2D eigenvalue weighted by atomic mass is 10.1. The molecule has 0 bridgehead atoms. The Morgan fingerprint density at radius 2 is 1.96 bits per heavy atom. The molecule has 7 nitrogen and oxygen atoms in total. The van der Waals surface area contributed by atoms with Gasteiger partial charge in [-0.3, -0.25) is 14.9 Å². The number of nitro benzene ring substituents is 1. The standard InChI is InChI=1S/C19H15BrN4O3/c1-12-17(11-21-23(12)15-6-3-14(20)4-7-15)19(25)22-9-8-13-2-5-16(24(26)27)10-18(13)22/h2-7,10-11H,8-9H2,1H3. The monoisotopic (exact) mass is 426 g/mol. The molecule has 2 heterocycles. The third-order valence-electron chi connectivity index (χ3n) is 4.73. The summed E-state index contributed by atoms with van der Waals surface area (Å²) in [5.41, 5.74) is 3.58. The smallest absolute Gasteiger partial charge is 0.271 e. The number of carbonyl (C=O) groups excluding carboxylic acids is 1. The largest absolute Gasteiger partial charge is 0.307 e. The summed E-state index contributed by atoms with van der Waals surface area (Å²) in [5.74, 6) is -0.199. The molecule has 0 fully saturated rings. The van der Waals surface area contributed by atoms with Crippen molar-refractivity contribution in [1.82, 2.24) is 9.78 Å². The molecule has 27 heavy (non-hydrogen) atoms. The summed E-state index contributed by atoms with van der Waals surface area (Å²) in [5, 5.41) is 15.4. The minimum atomic E-state index is -0.446. The highest BCUT2D eigenvalue weighted by Crippen LogP contribution is 2.33. The van der Waals surface area contributed by atoms with Gasteiger partial charge in [-0.15, -0.1) is 0 Å². The second-order valence-electron chi connectivity index (χ2n) is 6.31. The van der Waals surface area contributed by atoms with Crippen molar-refractivity contribution >= 4 is 33.2 Å². The van der Waals surface area contributed by atoms with Crippen LogP contribution in [0.25, 0.3) is 5.69 Å². The molecule has 0 aliphatic carbocycles. The highest BCUT2D eigenvalue weighted by atomic mass is 79.9. The van der Waals surface area contributed by atoms with Gasteiger partial charge in [0.05, 0.1) is 33.8 Å². The molecule has 0 saturated heterocycles. The molecule has 3 aromatic rings. The van der Waals surface area contributed by atoms with E-state index in [0.717, 1.165) is 21.4 Å². The van der Waals surface area contributed by atoms with Gasteiger partial charge in [0.1, 0.15) is 0 Å². The molecule has 0 atom stereocenters. The first kappa shape index (κ1) is 17.4. The highest BCUT2D eigenvalue weighted by molar-refractivity contribution is 9.10. The Morgan fingerprint density at radius 3 is 2.67 bits per heavy atom. The van der Waals surface area contributed by atoms with Crippen LogP contribution in [0.15, 0.2) is 53.1 Å². The summed E-state index contributed by atoms with van der Waals surface area (Å²) < 4.78 is 2.67. The lowest BCUT2D eigenvalue weighted by Gasteiger charge is -2.17. The van der Waals surface area contributed by atoms with Crippen molar-refractivity contribution < 1.29 is 9.72 Å². The summed E-state index contributed by atoms with van der Waals surface area (Å²) in [7, 11) is 0. The summed E-state index contributed by atoms with van der Waals surface area (Å²) >= 11 is 3.40. The van der Waals surface area contributed by atoms with Crippen LogP contribution in [0, 0.1) is 17.0 Å². The number of fused-ring (bicyclic) bond motifs is 1. The predicted molar refractivity (Wildman–Crippen MR) is 104 cm³/mol. The fraction of sp³-hybridized carbons (Fsp3) is 0.158. The second-order valence-corrected chi connectivity index (χ2v) is 7.22. The van der Waals surface area contributed by atoms with Crippen molar-refractivity contribution in [2.24, 2.45) is 0 Å². The molecule has 0 spiro atoms. The molecule has 4 rings (SSSR count). The van der Waals surface area contributed by atoms with E-state index < -0.39 is 4.92 Å². The zero-order chi connectivity index (χ0) is 19.1. The molecule has 1 aliphatic rings. The van der Waals surface area contributed by atoms with Crippen molar-refractivity contribution in [2.75, 3.05) is 11.4 Å². The van der Waals surface area contributed by atoms with Crippen molar-refractivity contribution in [1.29, 1.82) is 0 Å². The number of hydrogen-bond donors (Lipinski definition) is 0. The minimum Gasteiger partial charge on any atom is -0.307 e. The van der Waals surface area contributed by atoms with Gasteiger partial charge in [-0.05, 0) is 43.2 Å². The minimum absolute atomic E-state index is 0.0178. The van der Waals surface area contributed by atoms with Gasteiger partial charge in [-0.2, -0.15) is 5.10 Å². The number of nitrogens with zero attached hydrogens (tertiary/aromatic N) is 4. The van der Waals surface area contributed by atoms with Gasteiger partial charge in [0.25, 0.3) is 11.6 Å². The third-order valence-corrected chi connectivity index (χ3v) is 5.26. The van der Waals surface area contributed by atoms with Gasteiger partial charge in [-0.1, -0.05) is 22.0 Å². The first-order chi connectivity index (χ1) is 13.0. The summed E-state index contributed by atoms with van der Waals surface area (Å²) in [6, 6.07) is 12.3.